The Hall–Kier alpha value is -1.91. The third kappa shape index (κ3) is 3.17. The molecule has 0 spiro atoms. The number of ketones is 1. The number of fused-ring (bicyclic) bond motifs is 3. The van der Waals surface area contributed by atoms with Gasteiger partial charge in [-0.3, -0.25) is 9.59 Å². The Balaban J connectivity index is 2.06. The van der Waals surface area contributed by atoms with E-state index in [4.69, 9.17) is 9.47 Å². The lowest BCUT2D eigenvalue weighted by molar-refractivity contribution is -0.184. The molecule has 0 saturated heterocycles. The molecular weight excluding hydrogens is 368 g/mol. The van der Waals surface area contributed by atoms with Gasteiger partial charge in [-0.1, -0.05) is 46.3 Å². The monoisotopic (exact) mass is 402 g/mol. The maximum Gasteiger partial charge on any atom is 0.333 e. The van der Waals surface area contributed by atoms with E-state index in [2.05, 4.69) is 6.92 Å². The summed E-state index contributed by atoms with van der Waals surface area (Å²) in [5.41, 5.74) is 0.812. The highest BCUT2D eigenvalue weighted by molar-refractivity contribution is 5.96. The van der Waals surface area contributed by atoms with Crippen molar-refractivity contribution >= 4 is 17.7 Å². The lowest BCUT2D eigenvalue weighted by Crippen LogP contribution is -2.64. The molecule has 5 heteroatoms. The molecular formula is C24H34O5. The van der Waals surface area contributed by atoms with E-state index in [1.54, 1.807) is 39.8 Å². The van der Waals surface area contributed by atoms with Crippen molar-refractivity contribution in [1.82, 2.24) is 0 Å². The van der Waals surface area contributed by atoms with E-state index >= 15 is 0 Å². The Kier molecular flexibility index (Phi) is 5.34. The minimum Gasteiger partial charge on any atom is -0.458 e. The van der Waals surface area contributed by atoms with Crippen LogP contribution in [0.4, 0.5) is 0 Å². The zero-order chi connectivity index (χ0) is 21.9. The standard InChI is InChI=1S/C24H34O5/c1-9-13(4)22(27)29-20-16(28-21(26)12(2)3)11-24(8)17-14(5)10-15(25)18(24)19(17)23(20,6)7/h9-10,12,16-20H,11H2,1-8H3. The molecule has 3 fully saturated rings. The first-order valence-electron chi connectivity index (χ1n) is 10.6. The Bertz CT molecular complexity index is 802. The molecule has 0 amide bonds. The normalized spacial score (nSPS) is 38.0. The van der Waals surface area contributed by atoms with Crippen molar-refractivity contribution in [3.63, 3.8) is 0 Å². The van der Waals surface area contributed by atoms with Gasteiger partial charge in [0, 0.05) is 16.9 Å². The molecule has 4 aliphatic rings. The van der Waals surface area contributed by atoms with E-state index in [0.29, 0.717) is 12.0 Å². The van der Waals surface area contributed by atoms with Gasteiger partial charge in [-0.2, -0.15) is 0 Å². The summed E-state index contributed by atoms with van der Waals surface area (Å²) in [6.07, 6.45) is 2.83. The minimum atomic E-state index is -0.606. The number of hydrogen-bond acceptors (Lipinski definition) is 5. The largest absolute Gasteiger partial charge is 0.458 e. The van der Waals surface area contributed by atoms with Gasteiger partial charge >= 0.3 is 11.9 Å². The smallest absolute Gasteiger partial charge is 0.333 e. The fraction of sp³-hybridized carbons (Fsp3) is 0.708. The van der Waals surface area contributed by atoms with E-state index in [1.807, 2.05) is 20.8 Å². The van der Waals surface area contributed by atoms with Crippen LogP contribution < -0.4 is 0 Å². The molecule has 0 N–H and O–H groups in total. The highest BCUT2D eigenvalue weighted by Crippen LogP contribution is 2.71. The molecule has 0 radical (unpaired) electrons. The molecule has 160 valence electrons. The van der Waals surface area contributed by atoms with Crippen LogP contribution in [-0.4, -0.2) is 29.9 Å². The molecule has 4 bridgehead atoms. The average Bonchev–Trinajstić information content (AvgIpc) is 2.72. The number of allylic oxidation sites excluding steroid dienone is 3. The summed E-state index contributed by atoms with van der Waals surface area (Å²) in [4.78, 5) is 38.1. The van der Waals surface area contributed by atoms with Crippen LogP contribution in [0.2, 0.25) is 0 Å². The quantitative estimate of drug-likeness (QED) is 0.519. The molecule has 0 heterocycles. The Labute approximate surface area is 173 Å². The van der Waals surface area contributed by atoms with E-state index in [-0.39, 0.29) is 40.8 Å². The summed E-state index contributed by atoms with van der Waals surface area (Å²) in [5, 5.41) is 0. The Morgan fingerprint density at radius 2 is 1.79 bits per heavy atom. The molecule has 0 aromatic carbocycles. The van der Waals surface area contributed by atoms with Crippen LogP contribution in [0.25, 0.3) is 0 Å². The second kappa shape index (κ2) is 7.10. The maximum absolute atomic E-state index is 12.9. The van der Waals surface area contributed by atoms with Crippen LogP contribution in [0.5, 0.6) is 0 Å². The van der Waals surface area contributed by atoms with E-state index in [9.17, 15) is 14.4 Å². The molecule has 29 heavy (non-hydrogen) atoms. The number of ether oxygens (including phenoxy) is 2. The van der Waals surface area contributed by atoms with Gasteiger partial charge in [0.1, 0.15) is 12.2 Å². The van der Waals surface area contributed by atoms with Crippen LogP contribution in [0.15, 0.2) is 23.3 Å². The minimum absolute atomic E-state index is 0.0662. The van der Waals surface area contributed by atoms with Gasteiger partial charge in [0.15, 0.2) is 5.78 Å². The second-order valence-electron chi connectivity index (χ2n) is 10.2. The Morgan fingerprint density at radius 1 is 1.17 bits per heavy atom. The first-order valence-corrected chi connectivity index (χ1v) is 10.6. The molecule has 6 unspecified atom stereocenters. The van der Waals surface area contributed by atoms with Crippen LogP contribution in [0, 0.1) is 34.5 Å². The fourth-order valence-electron chi connectivity index (χ4n) is 6.06. The second-order valence-corrected chi connectivity index (χ2v) is 10.2. The van der Waals surface area contributed by atoms with E-state index in [0.717, 1.165) is 5.57 Å². The molecule has 0 aliphatic heterocycles. The summed E-state index contributed by atoms with van der Waals surface area (Å²) in [6, 6.07) is 0. The molecule has 6 atom stereocenters. The van der Waals surface area contributed by atoms with Crippen molar-refractivity contribution in [3.05, 3.63) is 23.3 Å². The number of rotatable bonds is 4. The SMILES string of the molecule is CC=C(C)C(=O)OC1C(OC(=O)C(C)C)CC2(C)C3C(=O)C=C(C)C2C3C1(C)C. The van der Waals surface area contributed by atoms with Crippen LogP contribution in [-0.2, 0) is 23.9 Å². The summed E-state index contributed by atoms with van der Waals surface area (Å²) in [5.74, 6) is -0.664. The van der Waals surface area contributed by atoms with Crippen molar-refractivity contribution in [1.29, 1.82) is 0 Å². The summed E-state index contributed by atoms with van der Waals surface area (Å²) in [7, 11) is 0. The van der Waals surface area contributed by atoms with Gasteiger partial charge in [0.25, 0.3) is 0 Å². The van der Waals surface area contributed by atoms with Gasteiger partial charge in [-0.05, 0) is 50.5 Å². The highest BCUT2D eigenvalue weighted by Gasteiger charge is 2.72. The van der Waals surface area contributed by atoms with Crippen molar-refractivity contribution in [3.8, 4) is 0 Å². The van der Waals surface area contributed by atoms with E-state index in [1.165, 1.54) is 0 Å². The third-order valence-electron chi connectivity index (χ3n) is 7.61. The summed E-state index contributed by atoms with van der Waals surface area (Å²) >= 11 is 0. The Morgan fingerprint density at radius 3 is 2.31 bits per heavy atom. The van der Waals surface area contributed by atoms with Crippen LogP contribution in [0.1, 0.15) is 61.8 Å². The maximum atomic E-state index is 12.9. The van der Waals surface area contributed by atoms with Gasteiger partial charge in [-0.25, -0.2) is 4.79 Å². The predicted octanol–water partition coefficient (Wildman–Crippen LogP) is 4.26. The number of carbonyl (C=O) groups excluding carboxylic acids is 3. The predicted molar refractivity (Wildman–Crippen MR) is 110 cm³/mol. The fourth-order valence-corrected chi connectivity index (χ4v) is 6.06. The number of hydrogen-bond donors (Lipinski definition) is 0. The van der Waals surface area contributed by atoms with E-state index < -0.39 is 23.6 Å². The molecule has 3 saturated carbocycles. The lowest BCUT2D eigenvalue weighted by Gasteiger charge is -2.64. The molecule has 0 aromatic heterocycles. The first-order chi connectivity index (χ1) is 13.4. The van der Waals surface area contributed by atoms with Crippen molar-refractivity contribution in [2.45, 2.75) is 74.0 Å². The van der Waals surface area contributed by atoms with Gasteiger partial charge in [0.05, 0.1) is 5.92 Å². The highest BCUT2D eigenvalue weighted by atomic mass is 16.6. The zero-order valence-corrected chi connectivity index (χ0v) is 18.9. The number of carbonyl (C=O) groups is 3. The third-order valence-corrected chi connectivity index (χ3v) is 7.61. The van der Waals surface area contributed by atoms with Crippen molar-refractivity contribution in [2.75, 3.05) is 0 Å². The average molecular weight is 403 g/mol. The van der Waals surface area contributed by atoms with Crippen molar-refractivity contribution < 1.29 is 23.9 Å². The van der Waals surface area contributed by atoms with Gasteiger partial charge in [0.2, 0.25) is 0 Å². The van der Waals surface area contributed by atoms with Crippen LogP contribution in [0.3, 0.4) is 0 Å². The van der Waals surface area contributed by atoms with Gasteiger partial charge in [-0.15, -0.1) is 0 Å². The molecule has 4 rings (SSSR count). The molecule has 4 aliphatic carbocycles. The summed E-state index contributed by atoms with van der Waals surface area (Å²) < 4.78 is 11.9. The van der Waals surface area contributed by atoms with Gasteiger partial charge < -0.3 is 9.47 Å². The first kappa shape index (κ1) is 21.8. The van der Waals surface area contributed by atoms with Crippen molar-refractivity contribution in [2.24, 2.45) is 34.5 Å². The summed E-state index contributed by atoms with van der Waals surface area (Å²) in [6.45, 7) is 15.3. The number of esters is 2. The van der Waals surface area contributed by atoms with Crippen LogP contribution >= 0.6 is 0 Å². The zero-order valence-electron chi connectivity index (χ0n) is 18.9. The molecule has 0 aromatic rings. The topological polar surface area (TPSA) is 69.7 Å². The lowest BCUT2D eigenvalue weighted by atomic mass is 9.38. The molecule has 5 nitrogen and oxygen atoms in total.